The molecule has 154 valence electrons. The summed E-state index contributed by atoms with van der Waals surface area (Å²) in [6.07, 6.45) is 7.00. The fraction of sp³-hybridized carbons (Fsp3) is 0.185. The third-order valence-corrected chi connectivity index (χ3v) is 5.63. The predicted octanol–water partition coefficient (Wildman–Crippen LogP) is 4.79. The topological polar surface area (TPSA) is 49.4 Å². The van der Waals surface area contributed by atoms with Crippen molar-refractivity contribution >= 4 is 23.2 Å². The van der Waals surface area contributed by atoms with Crippen LogP contribution in [0.25, 0.3) is 0 Å². The first-order chi connectivity index (χ1) is 15.1. The maximum absolute atomic E-state index is 13.3. The standard InChI is InChI=1S/C27H24N2O2/c1-2-20-11-8-13-24(17-20)29(19-21-9-4-3-5-10-21)26(30)16-15-23-18-22-12-6-7-14-25(22)28-27(23)31/h1,3-14,17,23H,15-16,18-19H2,(H,28,31). The van der Waals surface area contributed by atoms with Crippen LogP contribution in [0, 0.1) is 18.3 Å². The van der Waals surface area contributed by atoms with Gasteiger partial charge in [0.15, 0.2) is 0 Å². The highest BCUT2D eigenvalue weighted by atomic mass is 16.2. The minimum absolute atomic E-state index is 0.0181. The Kier molecular flexibility index (Phi) is 6.14. The van der Waals surface area contributed by atoms with Gasteiger partial charge in [-0.25, -0.2) is 0 Å². The second kappa shape index (κ2) is 9.32. The van der Waals surface area contributed by atoms with E-state index in [9.17, 15) is 9.59 Å². The number of nitrogens with one attached hydrogen (secondary N) is 1. The molecule has 4 nitrogen and oxygen atoms in total. The summed E-state index contributed by atoms with van der Waals surface area (Å²) >= 11 is 0. The number of fused-ring (bicyclic) bond motifs is 1. The highest BCUT2D eigenvalue weighted by molar-refractivity contribution is 5.97. The van der Waals surface area contributed by atoms with Crippen LogP contribution in [0.5, 0.6) is 0 Å². The zero-order chi connectivity index (χ0) is 21.6. The van der Waals surface area contributed by atoms with Gasteiger partial charge in [-0.2, -0.15) is 0 Å². The van der Waals surface area contributed by atoms with Gasteiger partial charge in [0.05, 0.1) is 6.54 Å². The summed E-state index contributed by atoms with van der Waals surface area (Å²) in [6, 6.07) is 25.1. The van der Waals surface area contributed by atoms with Crippen molar-refractivity contribution in [2.45, 2.75) is 25.8 Å². The van der Waals surface area contributed by atoms with Gasteiger partial charge >= 0.3 is 0 Å². The predicted molar refractivity (Wildman–Crippen MR) is 124 cm³/mol. The second-order valence-corrected chi connectivity index (χ2v) is 7.75. The summed E-state index contributed by atoms with van der Waals surface area (Å²) in [6.45, 7) is 0.452. The lowest BCUT2D eigenvalue weighted by atomic mass is 9.89. The lowest BCUT2D eigenvalue weighted by molar-refractivity contribution is -0.121. The van der Waals surface area contributed by atoms with E-state index in [4.69, 9.17) is 6.42 Å². The van der Waals surface area contributed by atoms with Gasteiger partial charge in [0.1, 0.15) is 0 Å². The van der Waals surface area contributed by atoms with Crippen molar-refractivity contribution in [2.24, 2.45) is 5.92 Å². The number of carbonyl (C=O) groups excluding carboxylic acids is 2. The Balaban J connectivity index is 1.50. The molecule has 0 spiro atoms. The number of carbonyl (C=O) groups is 2. The van der Waals surface area contributed by atoms with Crippen molar-refractivity contribution in [3.63, 3.8) is 0 Å². The number of hydrogen-bond acceptors (Lipinski definition) is 2. The zero-order valence-corrected chi connectivity index (χ0v) is 17.3. The number of amides is 2. The smallest absolute Gasteiger partial charge is 0.227 e. The van der Waals surface area contributed by atoms with Crippen molar-refractivity contribution in [1.82, 2.24) is 0 Å². The van der Waals surface area contributed by atoms with Crippen LogP contribution in [0.15, 0.2) is 78.9 Å². The molecule has 0 aromatic heterocycles. The van der Waals surface area contributed by atoms with E-state index in [2.05, 4.69) is 11.2 Å². The quantitative estimate of drug-likeness (QED) is 0.596. The minimum Gasteiger partial charge on any atom is -0.326 e. The molecule has 4 rings (SSSR count). The zero-order valence-electron chi connectivity index (χ0n) is 17.3. The molecule has 3 aromatic rings. The van der Waals surface area contributed by atoms with Gasteiger partial charge in [-0.3, -0.25) is 9.59 Å². The molecule has 1 heterocycles. The van der Waals surface area contributed by atoms with Crippen LogP contribution in [0.1, 0.15) is 29.5 Å². The number of para-hydroxylation sites is 1. The van der Waals surface area contributed by atoms with Crippen molar-refractivity contribution in [3.8, 4) is 12.3 Å². The Hall–Kier alpha value is -3.84. The fourth-order valence-electron chi connectivity index (χ4n) is 3.93. The first kappa shape index (κ1) is 20.4. The molecule has 0 fully saturated rings. The normalized spacial score (nSPS) is 14.8. The Bertz CT molecular complexity index is 1130. The van der Waals surface area contributed by atoms with Crippen LogP contribution in [0.2, 0.25) is 0 Å². The largest absolute Gasteiger partial charge is 0.326 e. The van der Waals surface area contributed by atoms with Gasteiger partial charge in [-0.1, -0.05) is 60.5 Å². The van der Waals surface area contributed by atoms with Crippen LogP contribution in [-0.2, 0) is 22.6 Å². The van der Waals surface area contributed by atoms with E-state index in [1.807, 2.05) is 78.9 Å². The molecule has 4 heteroatoms. The average molecular weight is 409 g/mol. The number of rotatable bonds is 6. The molecule has 3 aromatic carbocycles. The van der Waals surface area contributed by atoms with Crippen molar-refractivity contribution in [1.29, 1.82) is 0 Å². The molecule has 0 saturated heterocycles. The minimum atomic E-state index is -0.213. The SMILES string of the molecule is C#Cc1cccc(N(Cc2ccccc2)C(=O)CCC2Cc3ccccc3NC2=O)c1. The lowest BCUT2D eigenvalue weighted by Crippen LogP contribution is -2.33. The molecular formula is C27H24N2O2. The first-order valence-electron chi connectivity index (χ1n) is 10.4. The number of hydrogen-bond donors (Lipinski definition) is 1. The van der Waals surface area contributed by atoms with E-state index in [-0.39, 0.29) is 24.2 Å². The summed E-state index contributed by atoms with van der Waals surface area (Å²) in [7, 11) is 0. The third kappa shape index (κ3) is 4.84. The molecule has 1 aliphatic rings. The molecule has 0 aliphatic carbocycles. The van der Waals surface area contributed by atoms with E-state index >= 15 is 0 Å². The summed E-state index contributed by atoms with van der Waals surface area (Å²) in [5.74, 6) is 2.38. The van der Waals surface area contributed by atoms with Crippen LogP contribution in [-0.4, -0.2) is 11.8 Å². The molecule has 1 aliphatic heterocycles. The van der Waals surface area contributed by atoms with Crippen molar-refractivity contribution < 1.29 is 9.59 Å². The molecule has 1 unspecified atom stereocenters. The monoisotopic (exact) mass is 408 g/mol. The Labute approximate surface area is 182 Å². The molecule has 31 heavy (non-hydrogen) atoms. The molecule has 0 saturated carbocycles. The molecule has 1 N–H and O–H groups in total. The average Bonchev–Trinajstić information content (AvgIpc) is 2.81. The number of terminal acetylenes is 1. The maximum atomic E-state index is 13.3. The summed E-state index contributed by atoms with van der Waals surface area (Å²) < 4.78 is 0. The van der Waals surface area contributed by atoms with Crippen molar-refractivity contribution in [2.75, 3.05) is 10.2 Å². The summed E-state index contributed by atoms with van der Waals surface area (Å²) in [5.41, 5.74) is 4.51. The molecule has 0 bridgehead atoms. The number of anilines is 2. The van der Waals surface area contributed by atoms with E-state index in [0.717, 1.165) is 28.1 Å². The number of nitrogens with zero attached hydrogens (tertiary/aromatic N) is 1. The van der Waals surface area contributed by atoms with Crippen LogP contribution in [0.3, 0.4) is 0 Å². The number of benzene rings is 3. The fourth-order valence-corrected chi connectivity index (χ4v) is 3.93. The molecule has 0 radical (unpaired) electrons. The first-order valence-corrected chi connectivity index (χ1v) is 10.4. The van der Waals surface area contributed by atoms with Crippen LogP contribution >= 0.6 is 0 Å². The van der Waals surface area contributed by atoms with E-state index in [1.165, 1.54) is 0 Å². The van der Waals surface area contributed by atoms with E-state index < -0.39 is 0 Å². The molecule has 1 atom stereocenters. The van der Waals surface area contributed by atoms with Gasteiger partial charge in [0, 0.05) is 29.3 Å². The lowest BCUT2D eigenvalue weighted by Gasteiger charge is -2.27. The molecular weight excluding hydrogens is 384 g/mol. The Morgan fingerprint density at radius 3 is 2.61 bits per heavy atom. The Morgan fingerprint density at radius 2 is 1.81 bits per heavy atom. The van der Waals surface area contributed by atoms with E-state index in [0.29, 0.717) is 19.4 Å². The van der Waals surface area contributed by atoms with Crippen molar-refractivity contribution in [3.05, 3.63) is 95.6 Å². The summed E-state index contributed by atoms with van der Waals surface area (Å²) in [5, 5.41) is 2.96. The summed E-state index contributed by atoms with van der Waals surface area (Å²) in [4.78, 5) is 27.6. The maximum Gasteiger partial charge on any atom is 0.227 e. The van der Waals surface area contributed by atoms with Gasteiger partial charge in [-0.15, -0.1) is 6.42 Å². The van der Waals surface area contributed by atoms with Crippen LogP contribution in [0.4, 0.5) is 11.4 Å². The van der Waals surface area contributed by atoms with Gasteiger partial charge in [0.2, 0.25) is 11.8 Å². The second-order valence-electron chi connectivity index (χ2n) is 7.75. The van der Waals surface area contributed by atoms with Crippen LogP contribution < -0.4 is 10.2 Å². The highest BCUT2D eigenvalue weighted by Crippen LogP contribution is 2.28. The third-order valence-electron chi connectivity index (χ3n) is 5.63. The van der Waals surface area contributed by atoms with Gasteiger partial charge in [-0.05, 0) is 48.2 Å². The molecule has 2 amide bonds. The van der Waals surface area contributed by atoms with Gasteiger partial charge in [0.25, 0.3) is 0 Å². The highest BCUT2D eigenvalue weighted by Gasteiger charge is 2.27. The van der Waals surface area contributed by atoms with E-state index in [1.54, 1.807) is 4.90 Å². The van der Waals surface area contributed by atoms with Gasteiger partial charge < -0.3 is 10.2 Å². The Morgan fingerprint density at radius 1 is 1.03 bits per heavy atom.